The highest BCUT2D eigenvalue weighted by molar-refractivity contribution is 9.10. The van der Waals surface area contributed by atoms with E-state index in [9.17, 15) is 13.6 Å². The van der Waals surface area contributed by atoms with Gasteiger partial charge in [0, 0.05) is 24.4 Å². The second kappa shape index (κ2) is 6.38. The van der Waals surface area contributed by atoms with Crippen LogP contribution in [0.4, 0.5) is 8.78 Å². The van der Waals surface area contributed by atoms with Gasteiger partial charge in [0.15, 0.2) is 0 Å². The first kappa shape index (κ1) is 15.2. The summed E-state index contributed by atoms with van der Waals surface area (Å²) in [4.78, 5) is 12.0. The molecule has 0 aliphatic rings. The zero-order valence-corrected chi connectivity index (χ0v) is 11.9. The molecule has 2 N–H and O–H groups in total. The van der Waals surface area contributed by atoms with Crippen molar-refractivity contribution in [2.45, 2.75) is 20.3 Å². The zero-order valence-electron chi connectivity index (χ0n) is 10.3. The molecule has 5 heteroatoms. The van der Waals surface area contributed by atoms with Crippen molar-refractivity contribution in [2.75, 3.05) is 6.54 Å². The van der Waals surface area contributed by atoms with E-state index < -0.39 is 11.6 Å². The van der Waals surface area contributed by atoms with E-state index in [1.807, 2.05) is 13.8 Å². The first-order valence-electron chi connectivity index (χ1n) is 5.73. The van der Waals surface area contributed by atoms with Gasteiger partial charge in [0.25, 0.3) is 0 Å². The third-order valence-electron chi connectivity index (χ3n) is 2.96. The number of ketones is 1. The van der Waals surface area contributed by atoms with Crippen molar-refractivity contribution in [2.24, 2.45) is 17.6 Å². The van der Waals surface area contributed by atoms with Gasteiger partial charge in [-0.1, -0.05) is 13.8 Å². The van der Waals surface area contributed by atoms with Crippen LogP contribution in [0.15, 0.2) is 16.6 Å². The van der Waals surface area contributed by atoms with Crippen LogP contribution in [0.5, 0.6) is 0 Å². The van der Waals surface area contributed by atoms with Crippen molar-refractivity contribution in [1.82, 2.24) is 0 Å². The molecular formula is C13H16BrF2NO. The largest absolute Gasteiger partial charge is 0.330 e. The molecule has 0 spiro atoms. The molecule has 0 aromatic heterocycles. The van der Waals surface area contributed by atoms with Crippen LogP contribution in [0, 0.1) is 23.5 Å². The van der Waals surface area contributed by atoms with Crippen molar-refractivity contribution < 1.29 is 13.6 Å². The number of benzene rings is 1. The Morgan fingerprint density at radius 3 is 2.50 bits per heavy atom. The minimum Gasteiger partial charge on any atom is -0.330 e. The van der Waals surface area contributed by atoms with Crippen LogP contribution < -0.4 is 5.73 Å². The van der Waals surface area contributed by atoms with Crippen molar-refractivity contribution in [3.05, 3.63) is 33.8 Å². The number of rotatable bonds is 5. The summed E-state index contributed by atoms with van der Waals surface area (Å²) in [5.74, 6) is -1.97. The van der Waals surface area contributed by atoms with Gasteiger partial charge >= 0.3 is 0 Å². The van der Waals surface area contributed by atoms with Gasteiger partial charge in [-0.2, -0.15) is 0 Å². The maximum absolute atomic E-state index is 13.7. The Hall–Kier alpha value is -0.810. The van der Waals surface area contributed by atoms with E-state index in [1.54, 1.807) is 0 Å². The zero-order chi connectivity index (χ0) is 13.9. The molecule has 0 amide bonds. The van der Waals surface area contributed by atoms with Crippen LogP contribution in [0.25, 0.3) is 0 Å². The molecule has 0 saturated heterocycles. The predicted octanol–water partition coefficient (Wildman–Crippen LogP) is 3.07. The number of nitrogens with two attached hydrogens (primary N) is 1. The third kappa shape index (κ3) is 3.36. The topological polar surface area (TPSA) is 43.1 Å². The van der Waals surface area contributed by atoms with E-state index in [0.29, 0.717) is 0 Å². The van der Waals surface area contributed by atoms with Crippen LogP contribution in [-0.2, 0) is 11.2 Å². The monoisotopic (exact) mass is 319 g/mol. The van der Waals surface area contributed by atoms with E-state index in [-0.39, 0.29) is 40.6 Å². The van der Waals surface area contributed by atoms with E-state index in [4.69, 9.17) is 5.73 Å². The molecular weight excluding hydrogens is 304 g/mol. The van der Waals surface area contributed by atoms with Crippen LogP contribution in [0.2, 0.25) is 0 Å². The Labute approximate surface area is 114 Å². The molecule has 0 saturated carbocycles. The second-order valence-electron chi connectivity index (χ2n) is 4.55. The van der Waals surface area contributed by atoms with E-state index >= 15 is 0 Å². The molecule has 1 rings (SSSR count). The minimum absolute atomic E-state index is 0.0563. The quantitative estimate of drug-likeness (QED) is 0.847. The number of hydrogen-bond acceptors (Lipinski definition) is 2. The maximum Gasteiger partial charge on any atom is 0.143 e. The fraction of sp³-hybridized carbons (Fsp3) is 0.462. The Morgan fingerprint density at radius 2 is 2.00 bits per heavy atom. The lowest BCUT2D eigenvalue weighted by Gasteiger charge is -2.17. The molecule has 0 heterocycles. The summed E-state index contributed by atoms with van der Waals surface area (Å²) in [7, 11) is 0. The minimum atomic E-state index is -0.720. The molecule has 1 atom stereocenters. The van der Waals surface area contributed by atoms with Gasteiger partial charge in [0.2, 0.25) is 0 Å². The molecule has 0 aliphatic heterocycles. The van der Waals surface area contributed by atoms with Gasteiger partial charge in [-0.3, -0.25) is 4.79 Å². The Bertz CT molecular complexity index is 449. The molecule has 1 aromatic rings. The van der Waals surface area contributed by atoms with Gasteiger partial charge in [-0.15, -0.1) is 0 Å². The normalized spacial score (nSPS) is 12.8. The summed E-state index contributed by atoms with van der Waals surface area (Å²) in [5.41, 5.74) is 5.32. The van der Waals surface area contributed by atoms with Gasteiger partial charge in [-0.05, 0) is 34.0 Å². The molecule has 18 heavy (non-hydrogen) atoms. The van der Waals surface area contributed by atoms with Crippen LogP contribution in [-0.4, -0.2) is 12.3 Å². The lowest BCUT2D eigenvalue weighted by Crippen LogP contribution is -2.30. The van der Waals surface area contributed by atoms with Crippen molar-refractivity contribution in [3.63, 3.8) is 0 Å². The highest BCUT2D eigenvalue weighted by atomic mass is 79.9. The molecule has 0 bridgehead atoms. The number of carbonyl (C=O) groups excluding carboxylic acids is 1. The number of carbonyl (C=O) groups is 1. The highest BCUT2D eigenvalue weighted by Gasteiger charge is 2.23. The third-order valence-corrected chi connectivity index (χ3v) is 3.57. The van der Waals surface area contributed by atoms with E-state index in [2.05, 4.69) is 15.9 Å². The molecule has 100 valence electrons. The summed E-state index contributed by atoms with van der Waals surface area (Å²) in [6.45, 7) is 3.92. The van der Waals surface area contributed by atoms with Crippen molar-refractivity contribution in [1.29, 1.82) is 0 Å². The average molecular weight is 320 g/mol. The summed E-state index contributed by atoms with van der Waals surface area (Å²) in [6.07, 6.45) is -0.267. The second-order valence-corrected chi connectivity index (χ2v) is 5.41. The van der Waals surface area contributed by atoms with Gasteiger partial charge in [0.05, 0.1) is 4.47 Å². The molecule has 0 radical (unpaired) electrons. The average Bonchev–Trinajstić information content (AvgIpc) is 2.30. The fourth-order valence-corrected chi connectivity index (χ4v) is 2.18. The standard InChI is InChI=1S/C13H16BrF2NO/c1-7(2)9(6-17)12(18)5-8-11(15)4-3-10(14)13(8)16/h3-4,7,9H,5-6,17H2,1-2H3. The first-order chi connectivity index (χ1) is 8.38. The number of halogens is 3. The summed E-state index contributed by atoms with van der Waals surface area (Å²) in [5, 5.41) is 0. The van der Waals surface area contributed by atoms with Crippen LogP contribution >= 0.6 is 15.9 Å². The highest BCUT2D eigenvalue weighted by Crippen LogP contribution is 2.23. The molecule has 1 unspecified atom stereocenters. The predicted molar refractivity (Wildman–Crippen MR) is 70.2 cm³/mol. The Kier molecular flexibility index (Phi) is 5.41. The summed E-state index contributed by atoms with van der Waals surface area (Å²) < 4.78 is 27.4. The molecule has 2 nitrogen and oxygen atoms in total. The van der Waals surface area contributed by atoms with Crippen LogP contribution in [0.3, 0.4) is 0 Å². The van der Waals surface area contributed by atoms with Gasteiger partial charge in [0.1, 0.15) is 17.4 Å². The number of Topliss-reactive ketones (excluding diaryl/α,β-unsaturated/α-hetero) is 1. The number of hydrogen-bond donors (Lipinski definition) is 1. The van der Waals surface area contributed by atoms with E-state index in [1.165, 1.54) is 6.07 Å². The van der Waals surface area contributed by atoms with Crippen LogP contribution in [0.1, 0.15) is 19.4 Å². The molecule has 1 aromatic carbocycles. The summed E-state index contributed by atoms with van der Waals surface area (Å²) in [6, 6.07) is 2.42. The fourth-order valence-electron chi connectivity index (χ4n) is 1.81. The summed E-state index contributed by atoms with van der Waals surface area (Å²) >= 11 is 2.98. The van der Waals surface area contributed by atoms with Gasteiger partial charge < -0.3 is 5.73 Å². The lowest BCUT2D eigenvalue weighted by molar-refractivity contribution is -0.123. The maximum atomic E-state index is 13.7. The lowest BCUT2D eigenvalue weighted by atomic mass is 9.88. The van der Waals surface area contributed by atoms with E-state index in [0.717, 1.165) is 6.07 Å². The van der Waals surface area contributed by atoms with Crippen molar-refractivity contribution >= 4 is 21.7 Å². The Balaban J connectivity index is 2.98. The first-order valence-corrected chi connectivity index (χ1v) is 6.53. The van der Waals surface area contributed by atoms with Crippen molar-refractivity contribution in [3.8, 4) is 0 Å². The van der Waals surface area contributed by atoms with Gasteiger partial charge in [-0.25, -0.2) is 8.78 Å². The SMILES string of the molecule is CC(C)C(CN)C(=O)Cc1c(F)ccc(Br)c1F. The molecule has 0 aliphatic carbocycles. The smallest absolute Gasteiger partial charge is 0.143 e. The Morgan fingerprint density at radius 1 is 1.39 bits per heavy atom. The molecule has 0 fully saturated rings.